The molecular formula is C18H26O3. The van der Waals surface area contributed by atoms with E-state index < -0.39 is 6.10 Å². The third-order valence-electron chi connectivity index (χ3n) is 5.30. The maximum absolute atomic E-state index is 10.5. The Hall–Kier alpha value is -1.22. The zero-order valence-electron chi connectivity index (χ0n) is 13.1. The maximum atomic E-state index is 10.5. The topological polar surface area (TPSA) is 38.7 Å². The van der Waals surface area contributed by atoms with Crippen LogP contribution in [0.15, 0.2) is 18.2 Å². The first kappa shape index (κ1) is 14.7. The number of hydrogen-bond donors (Lipinski definition) is 1. The highest BCUT2D eigenvalue weighted by Crippen LogP contribution is 2.47. The molecule has 0 aromatic heterocycles. The van der Waals surface area contributed by atoms with Crippen molar-refractivity contribution in [1.82, 2.24) is 0 Å². The second kappa shape index (κ2) is 5.88. The zero-order chi connectivity index (χ0) is 14.9. The van der Waals surface area contributed by atoms with Crippen molar-refractivity contribution in [3.8, 4) is 11.5 Å². The Balaban J connectivity index is 1.86. The first-order chi connectivity index (χ1) is 10.2. The van der Waals surface area contributed by atoms with Crippen LogP contribution in [0.2, 0.25) is 0 Å². The van der Waals surface area contributed by atoms with Gasteiger partial charge >= 0.3 is 0 Å². The second-order valence-electron chi connectivity index (χ2n) is 6.61. The minimum Gasteiger partial charge on any atom is -0.497 e. The summed E-state index contributed by atoms with van der Waals surface area (Å²) < 4.78 is 11.7. The van der Waals surface area contributed by atoms with Crippen LogP contribution >= 0.6 is 0 Å². The number of ether oxygens (including phenoxy) is 2. The highest BCUT2D eigenvalue weighted by Gasteiger charge is 2.41. The van der Waals surface area contributed by atoms with Crippen LogP contribution in [0.3, 0.4) is 0 Å². The summed E-state index contributed by atoms with van der Waals surface area (Å²) in [6.45, 7) is 2.28. The van der Waals surface area contributed by atoms with E-state index in [2.05, 4.69) is 6.92 Å². The van der Waals surface area contributed by atoms with Gasteiger partial charge in [-0.05, 0) is 43.7 Å². The molecule has 21 heavy (non-hydrogen) atoms. The van der Waals surface area contributed by atoms with Gasteiger partial charge in [0.25, 0.3) is 0 Å². The number of rotatable bonds is 2. The van der Waals surface area contributed by atoms with E-state index in [9.17, 15) is 5.11 Å². The Bertz CT molecular complexity index is 499. The van der Waals surface area contributed by atoms with Crippen molar-refractivity contribution in [2.75, 3.05) is 7.11 Å². The van der Waals surface area contributed by atoms with E-state index in [1.807, 2.05) is 18.2 Å². The van der Waals surface area contributed by atoms with Crippen molar-refractivity contribution < 1.29 is 14.6 Å². The number of methoxy groups -OCH3 is 1. The Labute approximate surface area is 127 Å². The van der Waals surface area contributed by atoms with Gasteiger partial charge in [-0.2, -0.15) is 0 Å². The molecule has 0 saturated heterocycles. The van der Waals surface area contributed by atoms with E-state index in [1.54, 1.807) is 7.11 Å². The molecule has 3 rings (SSSR count). The molecule has 0 radical (unpaired) electrons. The predicted octanol–water partition coefficient (Wildman–Crippen LogP) is 4.24. The van der Waals surface area contributed by atoms with E-state index in [0.717, 1.165) is 42.2 Å². The van der Waals surface area contributed by atoms with Crippen molar-refractivity contribution in [2.45, 2.75) is 63.6 Å². The molecule has 116 valence electrons. The lowest BCUT2D eigenvalue weighted by molar-refractivity contribution is -0.0252. The maximum Gasteiger partial charge on any atom is 0.129 e. The molecule has 1 aliphatic carbocycles. The Kier molecular flexibility index (Phi) is 4.12. The van der Waals surface area contributed by atoms with Gasteiger partial charge in [0.2, 0.25) is 0 Å². The van der Waals surface area contributed by atoms with Gasteiger partial charge in [-0.25, -0.2) is 0 Å². The van der Waals surface area contributed by atoms with Crippen LogP contribution in [0, 0.1) is 5.92 Å². The molecule has 3 heteroatoms. The molecule has 2 aliphatic rings. The summed E-state index contributed by atoms with van der Waals surface area (Å²) in [4.78, 5) is 0. The molecule has 1 N–H and O–H groups in total. The van der Waals surface area contributed by atoms with Crippen LogP contribution in [0.5, 0.6) is 11.5 Å². The van der Waals surface area contributed by atoms with E-state index in [4.69, 9.17) is 9.47 Å². The summed E-state index contributed by atoms with van der Waals surface area (Å²) in [6, 6.07) is 5.74. The number of aliphatic hydroxyl groups excluding tert-OH is 1. The summed E-state index contributed by atoms with van der Waals surface area (Å²) in [7, 11) is 1.66. The lowest BCUT2D eigenvalue weighted by atomic mass is 9.83. The molecule has 0 amide bonds. The van der Waals surface area contributed by atoms with Crippen molar-refractivity contribution >= 4 is 0 Å². The lowest BCUT2D eigenvalue weighted by Gasteiger charge is -2.40. The quantitative estimate of drug-likeness (QED) is 0.885. The van der Waals surface area contributed by atoms with Gasteiger partial charge in [0.1, 0.15) is 17.1 Å². The van der Waals surface area contributed by atoms with E-state index in [-0.39, 0.29) is 5.60 Å². The summed E-state index contributed by atoms with van der Waals surface area (Å²) >= 11 is 0. The fraction of sp³-hybridized carbons (Fsp3) is 0.667. The van der Waals surface area contributed by atoms with Gasteiger partial charge < -0.3 is 14.6 Å². The van der Waals surface area contributed by atoms with Gasteiger partial charge in [0.05, 0.1) is 13.2 Å². The van der Waals surface area contributed by atoms with Crippen LogP contribution < -0.4 is 9.47 Å². The Morgan fingerprint density at radius 3 is 2.95 bits per heavy atom. The molecular weight excluding hydrogens is 264 g/mol. The molecule has 1 fully saturated rings. The molecule has 1 aromatic carbocycles. The van der Waals surface area contributed by atoms with Crippen molar-refractivity contribution in [3.63, 3.8) is 0 Å². The van der Waals surface area contributed by atoms with Gasteiger partial charge in [-0.1, -0.05) is 19.8 Å². The summed E-state index contributed by atoms with van der Waals surface area (Å²) in [5.74, 6) is 2.41. The minimum atomic E-state index is -0.419. The molecule has 1 spiro atoms. The second-order valence-corrected chi connectivity index (χ2v) is 6.61. The average Bonchev–Trinajstić information content (AvgIpc) is 2.69. The molecule has 3 unspecified atom stereocenters. The number of fused-ring (bicyclic) bond motifs is 1. The average molecular weight is 290 g/mol. The summed E-state index contributed by atoms with van der Waals surface area (Å²) in [5, 5.41) is 10.5. The van der Waals surface area contributed by atoms with Crippen LogP contribution in [-0.2, 0) is 0 Å². The van der Waals surface area contributed by atoms with E-state index >= 15 is 0 Å². The van der Waals surface area contributed by atoms with Gasteiger partial charge in [-0.3, -0.25) is 0 Å². The molecule has 1 heterocycles. The number of aliphatic hydroxyl groups is 1. The van der Waals surface area contributed by atoms with Crippen LogP contribution in [0.4, 0.5) is 0 Å². The standard InChI is InChI=1S/C18H26O3/c1-3-13-5-4-9-18(10-8-13)12-16(19)15-7-6-14(20-2)11-17(15)21-18/h6-7,11,13,16,19H,3-5,8-10,12H2,1-2H3. The predicted molar refractivity (Wildman–Crippen MR) is 82.8 cm³/mol. The third kappa shape index (κ3) is 2.89. The molecule has 1 aliphatic heterocycles. The largest absolute Gasteiger partial charge is 0.497 e. The van der Waals surface area contributed by atoms with E-state index in [1.165, 1.54) is 25.7 Å². The third-order valence-corrected chi connectivity index (χ3v) is 5.30. The fourth-order valence-corrected chi connectivity index (χ4v) is 3.91. The number of benzene rings is 1. The molecule has 3 atom stereocenters. The number of hydrogen-bond acceptors (Lipinski definition) is 3. The first-order valence-electron chi connectivity index (χ1n) is 8.21. The molecule has 0 bridgehead atoms. The zero-order valence-corrected chi connectivity index (χ0v) is 13.1. The van der Waals surface area contributed by atoms with Gasteiger partial charge in [0.15, 0.2) is 0 Å². The Morgan fingerprint density at radius 1 is 1.33 bits per heavy atom. The highest BCUT2D eigenvalue weighted by molar-refractivity contribution is 5.44. The lowest BCUT2D eigenvalue weighted by Crippen LogP contribution is -2.40. The van der Waals surface area contributed by atoms with Crippen molar-refractivity contribution in [3.05, 3.63) is 23.8 Å². The summed E-state index contributed by atoms with van der Waals surface area (Å²) in [6.07, 6.45) is 7.37. The molecule has 3 nitrogen and oxygen atoms in total. The monoisotopic (exact) mass is 290 g/mol. The van der Waals surface area contributed by atoms with Crippen LogP contribution in [-0.4, -0.2) is 17.8 Å². The first-order valence-corrected chi connectivity index (χ1v) is 8.21. The minimum absolute atomic E-state index is 0.178. The molecule has 1 aromatic rings. The Morgan fingerprint density at radius 2 is 2.19 bits per heavy atom. The normalized spacial score (nSPS) is 32.1. The van der Waals surface area contributed by atoms with Crippen molar-refractivity contribution in [2.24, 2.45) is 5.92 Å². The smallest absolute Gasteiger partial charge is 0.129 e. The highest BCUT2D eigenvalue weighted by atomic mass is 16.5. The van der Waals surface area contributed by atoms with E-state index in [0.29, 0.717) is 0 Å². The van der Waals surface area contributed by atoms with Gasteiger partial charge in [0, 0.05) is 18.1 Å². The van der Waals surface area contributed by atoms with Gasteiger partial charge in [-0.15, -0.1) is 0 Å². The van der Waals surface area contributed by atoms with Crippen LogP contribution in [0.1, 0.15) is 63.5 Å². The summed E-state index contributed by atoms with van der Waals surface area (Å²) in [5.41, 5.74) is 0.723. The molecule has 1 saturated carbocycles. The van der Waals surface area contributed by atoms with Crippen LogP contribution in [0.25, 0.3) is 0 Å². The SMILES string of the molecule is CCC1CCCC2(CC1)CC(O)c1ccc(OC)cc1O2. The fourth-order valence-electron chi connectivity index (χ4n) is 3.91. The van der Waals surface area contributed by atoms with Crippen molar-refractivity contribution in [1.29, 1.82) is 0 Å².